The minimum Gasteiger partial charge on any atom is -0.371 e. The molecular formula is C19H22ClFN2O3S. The van der Waals surface area contributed by atoms with Crippen molar-refractivity contribution < 1.29 is 17.5 Å². The summed E-state index contributed by atoms with van der Waals surface area (Å²) in [5, 5.41) is -0.210. The Hall–Kier alpha value is -1.51. The van der Waals surface area contributed by atoms with Gasteiger partial charge in [-0.1, -0.05) is 41.9 Å². The van der Waals surface area contributed by atoms with E-state index >= 15 is 0 Å². The van der Waals surface area contributed by atoms with Gasteiger partial charge in [-0.2, -0.15) is 0 Å². The maximum absolute atomic E-state index is 13.2. The zero-order chi connectivity index (χ0) is 19.3. The highest BCUT2D eigenvalue weighted by atomic mass is 35.5. The molecule has 0 amide bonds. The van der Waals surface area contributed by atoms with E-state index in [4.69, 9.17) is 16.3 Å². The van der Waals surface area contributed by atoms with Crippen LogP contribution in [0.5, 0.6) is 0 Å². The Labute approximate surface area is 164 Å². The summed E-state index contributed by atoms with van der Waals surface area (Å²) in [6.07, 6.45) is 0.702. The largest absolute Gasteiger partial charge is 0.371 e. The maximum Gasteiger partial charge on any atom is 0.240 e. The van der Waals surface area contributed by atoms with E-state index in [-0.39, 0.29) is 16.0 Å². The topological polar surface area (TPSA) is 58.6 Å². The Balaban J connectivity index is 1.47. The number of nitrogens with zero attached hydrogens (tertiary/aromatic N) is 1. The molecule has 1 aliphatic heterocycles. The van der Waals surface area contributed by atoms with Crippen LogP contribution in [-0.4, -0.2) is 46.1 Å². The van der Waals surface area contributed by atoms with E-state index in [0.29, 0.717) is 19.6 Å². The van der Waals surface area contributed by atoms with Crippen LogP contribution in [-0.2, 0) is 14.8 Å². The normalized spacial score (nSPS) is 18.5. The fourth-order valence-electron chi connectivity index (χ4n) is 3.01. The van der Waals surface area contributed by atoms with Gasteiger partial charge in [0.2, 0.25) is 10.0 Å². The predicted octanol–water partition coefficient (Wildman–Crippen LogP) is 3.22. The molecule has 0 unspecified atom stereocenters. The number of hydrogen-bond donors (Lipinski definition) is 1. The summed E-state index contributed by atoms with van der Waals surface area (Å²) in [6, 6.07) is 13.4. The molecular weight excluding hydrogens is 391 g/mol. The Bertz CT molecular complexity index is 865. The number of nitrogens with one attached hydrogen (secondary N) is 1. The Kier molecular flexibility index (Phi) is 6.83. The third-order valence-corrected chi connectivity index (χ3v) is 6.21. The first-order valence-electron chi connectivity index (χ1n) is 8.79. The van der Waals surface area contributed by atoms with Crippen molar-refractivity contribution in [3.8, 4) is 0 Å². The van der Waals surface area contributed by atoms with Gasteiger partial charge >= 0.3 is 0 Å². The second-order valence-electron chi connectivity index (χ2n) is 6.40. The molecule has 2 aromatic carbocycles. The van der Waals surface area contributed by atoms with Crippen molar-refractivity contribution in [3.05, 3.63) is 64.9 Å². The number of halogens is 2. The predicted molar refractivity (Wildman–Crippen MR) is 103 cm³/mol. The number of sulfonamides is 1. The Morgan fingerprint density at radius 3 is 2.74 bits per heavy atom. The molecule has 1 atom stereocenters. The number of rotatable bonds is 7. The van der Waals surface area contributed by atoms with Gasteiger partial charge in [0, 0.05) is 19.6 Å². The van der Waals surface area contributed by atoms with E-state index in [1.165, 1.54) is 6.07 Å². The number of ether oxygens (including phenoxy) is 1. The van der Waals surface area contributed by atoms with Crippen LogP contribution in [0, 0.1) is 5.82 Å². The lowest BCUT2D eigenvalue weighted by molar-refractivity contribution is -0.0300. The smallest absolute Gasteiger partial charge is 0.240 e. The molecule has 3 rings (SSSR count). The number of hydrogen-bond acceptors (Lipinski definition) is 4. The van der Waals surface area contributed by atoms with Gasteiger partial charge in [-0.05, 0) is 36.7 Å². The van der Waals surface area contributed by atoms with E-state index in [0.717, 1.165) is 37.3 Å². The van der Waals surface area contributed by atoms with Gasteiger partial charge in [0.05, 0.1) is 22.6 Å². The average molecular weight is 413 g/mol. The van der Waals surface area contributed by atoms with Crippen molar-refractivity contribution >= 4 is 21.6 Å². The minimum atomic E-state index is -3.70. The molecule has 8 heteroatoms. The van der Waals surface area contributed by atoms with Crippen molar-refractivity contribution in [2.24, 2.45) is 0 Å². The number of morpholine rings is 1. The Morgan fingerprint density at radius 2 is 2.00 bits per heavy atom. The lowest BCUT2D eigenvalue weighted by atomic mass is 10.1. The van der Waals surface area contributed by atoms with Gasteiger partial charge in [-0.3, -0.25) is 4.90 Å². The molecule has 27 heavy (non-hydrogen) atoms. The van der Waals surface area contributed by atoms with Gasteiger partial charge < -0.3 is 4.74 Å². The molecule has 5 nitrogen and oxygen atoms in total. The minimum absolute atomic E-state index is 0.0376. The van der Waals surface area contributed by atoms with E-state index in [1.807, 2.05) is 18.2 Å². The third-order valence-electron chi connectivity index (χ3n) is 4.47. The molecule has 0 saturated carbocycles. The molecule has 0 aromatic heterocycles. The first kappa shape index (κ1) is 20.2. The standard InChI is InChI=1S/C19H22ClFN2O3S/c20-17-13-16(7-8-18(17)21)27(24,25)22-9-4-10-23-11-12-26-19(14-23)15-5-2-1-3-6-15/h1-3,5-8,13,19,22H,4,9-12,14H2/t19-/m1/s1. The van der Waals surface area contributed by atoms with Crippen LogP contribution < -0.4 is 4.72 Å². The van der Waals surface area contributed by atoms with E-state index in [2.05, 4.69) is 21.8 Å². The summed E-state index contributed by atoms with van der Waals surface area (Å²) in [7, 11) is -3.70. The van der Waals surface area contributed by atoms with Crippen molar-refractivity contribution in [2.45, 2.75) is 17.4 Å². The fraction of sp³-hybridized carbons (Fsp3) is 0.368. The lowest BCUT2D eigenvalue weighted by Crippen LogP contribution is -2.39. The molecule has 146 valence electrons. The molecule has 0 aliphatic carbocycles. The monoisotopic (exact) mass is 412 g/mol. The highest BCUT2D eigenvalue weighted by Gasteiger charge is 2.21. The molecule has 1 N–H and O–H groups in total. The summed E-state index contributed by atoms with van der Waals surface area (Å²) < 4.78 is 46.1. The molecule has 0 bridgehead atoms. The van der Waals surface area contributed by atoms with Crippen LogP contribution in [0.25, 0.3) is 0 Å². The van der Waals surface area contributed by atoms with Crippen LogP contribution in [0.3, 0.4) is 0 Å². The highest BCUT2D eigenvalue weighted by Crippen LogP contribution is 2.22. The lowest BCUT2D eigenvalue weighted by Gasteiger charge is -2.33. The third kappa shape index (κ3) is 5.49. The zero-order valence-electron chi connectivity index (χ0n) is 14.8. The van der Waals surface area contributed by atoms with Crippen LogP contribution in [0.15, 0.2) is 53.4 Å². The summed E-state index contributed by atoms with van der Waals surface area (Å²) in [5.74, 6) is -0.643. The Morgan fingerprint density at radius 1 is 1.22 bits per heavy atom. The van der Waals surface area contributed by atoms with Crippen LogP contribution in [0.2, 0.25) is 5.02 Å². The molecule has 2 aromatic rings. The van der Waals surface area contributed by atoms with Gasteiger partial charge in [-0.25, -0.2) is 17.5 Å². The van der Waals surface area contributed by atoms with Crippen LogP contribution in [0.4, 0.5) is 4.39 Å². The van der Waals surface area contributed by atoms with Crippen LogP contribution in [0.1, 0.15) is 18.1 Å². The quantitative estimate of drug-likeness (QED) is 0.709. The summed E-state index contributed by atoms with van der Waals surface area (Å²) >= 11 is 5.66. The first-order valence-corrected chi connectivity index (χ1v) is 10.7. The van der Waals surface area contributed by atoms with E-state index in [1.54, 1.807) is 0 Å². The van der Waals surface area contributed by atoms with Gasteiger partial charge in [0.25, 0.3) is 0 Å². The van der Waals surface area contributed by atoms with Crippen molar-refractivity contribution in [2.75, 3.05) is 32.8 Å². The van der Waals surface area contributed by atoms with Crippen molar-refractivity contribution in [3.63, 3.8) is 0 Å². The molecule has 1 saturated heterocycles. The van der Waals surface area contributed by atoms with E-state index in [9.17, 15) is 12.8 Å². The zero-order valence-corrected chi connectivity index (χ0v) is 16.3. The summed E-state index contributed by atoms with van der Waals surface area (Å²) in [6.45, 7) is 3.32. The van der Waals surface area contributed by atoms with Gasteiger partial charge in [-0.15, -0.1) is 0 Å². The highest BCUT2D eigenvalue weighted by molar-refractivity contribution is 7.89. The number of benzene rings is 2. The SMILES string of the molecule is O=S(=O)(NCCCN1CCO[C@@H](c2ccccc2)C1)c1ccc(F)c(Cl)c1. The maximum atomic E-state index is 13.2. The molecule has 0 radical (unpaired) electrons. The molecule has 1 aliphatic rings. The molecule has 1 heterocycles. The summed E-state index contributed by atoms with van der Waals surface area (Å²) in [5.41, 5.74) is 1.15. The van der Waals surface area contributed by atoms with E-state index < -0.39 is 15.8 Å². The molecule has 0 spiro atoms. The summed E-state index contributed by atoms with van der Waals surface area (Å²) in [4.78, 5) is 2.23. The van der Waals surface area contributed by atoms with Crippen molar-refractivity contribution in [1.82, 2.24) is 9.62 Å². The van der Waals surface area contributed by atoms with Gasteiger partial charge in [0.1, 0.15) is 5.82 Å². The second-order valence-corrected chi connectivity index (χ2v) is 8.57. The fourth-order valence-corrected chi connectivity index (χ4v) is 4.36. The van der Waals surface area contributed by atoms with Crippen molar-refractivity contribution in [1.29, 1.82) is 0 Å². The first-order chi connectivity index (χ1) is 13.0. The molecule has 1 fully saturated rings. The average Bonchev–Trinajstić information content (AvgIpc) is 2.68. The second kappa shape index (κ2) is 9.12. The van der Waals surface area contributed by atoms with Crippen LogP contribution >= 0.6 is 11.6 Å². The van der Waals surface area contributed by atoms with Gasteiger partial charge in [0.15, 0.2) is 0 Å².